The van der Waals surface area contributed by atoms with Gasteiger partial charge in [-0.05, 0) is 53.1 Å². The molecule has 0 bridgehead atoms. The van der Waals surface area contributed by atoms with Crippen molar-refractivity contribution in [2.75, 3.05) is 19.6 Å². The summed E-state index contributed by atoms with van der Waals surface area (Å²) in [5.74, 6) is 0.792. The number of nitrogens with zero attached hydrogens (tertiary/aromatic N) is 2. The van der Waals surface area contributed by atoms with Crippen molar-refractivity contribution in [1.82, 2.24) is 19.2 Å². The molecule has 5 heteroatoms. The Balaban J connectivity index is 1.36. The van der Waals surface area contributed by atoms with E-state index in [-0.39, 0.29) is 0 Å². The Morgan fingerprint density at radius 2 is 2.04 bits per heavy atom. The minimum atomic E-state index is 0.393. The monoisotopic (exact) mass is 390 g/mol. The molecule has 1 saturated heterocycles. The van der Waals surface area contributed by atoms with E-state index in [1.54, 1.807) is 11.9 Å². The summed E-state index contributed by atoms with van der Waals surface area (Å²) in [7, 11) is 2.15. The van der Waals surface area contributed by atoms with Crippen LogP contribution in [-0.4, -0.2) is 34.1 Å². The van der Waals surface area contributed by atoms with Gasteiger partial charge in [0.2, 0.25) is 0 Å². The lowest BCUT2D eigenvalue weighted by molar-refractivity contribution is 0.0647. The lowest BCUT2D eigenvalue weighted by Crippen LogP contribution is -2.49. The molecule has 3 heterocycles. The summed E-state index contributed by atoms with van der Waals surface area (Å²) >= 11 is 1.72. The molecule has 0 radical (unpaired) electrons. The Kier molecular flexibility index (Phi) is 4.67. The molecule has 1 unspecified atom stereocenters. The smallest absolute Gasteiger partial charge is 0.0503 e. The first kappa shape index (κ1) is 17.9. The zero-order valence-corrected chi connectivity index (χ0v) is 17.2. The number of aromatic amines is 1. The zero-order valence-electron chi connectivity index (χ0n) is 16.4. The molecule has 2 aromatic carbocycles. The second kappa shape index (κ2) is 7.32. The Morgan fingerprint density at radius 1 is 1.18 bits per heavy atom. The second-order valence-electron chi connectivity index (χ2n) is 7.96. The molecule has 0 aliphatic carbocycles. The van der Waals surface area contributed by atoms with Gasteiger partial charge in [-0.25, -0.2) is 0 Å². The Labute approximate surface area is 170 Å². The maximum atomic E-state index is 3.65. The van der Waals surface area contributed by atoms with E-state index < -0.39 is 0 Å². The van der Waals surface area contributed by atoms with Gasteiger partial charge in [0, 0.05) is 60.4 Å². The summed E-state index contributed by atoms with van der Waals surface area (Å²) < 4.78 is 5.90. The minimum Gasteiger partial charge on any atom is -0.361 e. The van der Waals surface area contributed by atoms with E-state index in [4.69, 9.17) is 0 Å². The van der Waals surface area contributed by atoms with Crippen LogP contribution in [0.5, 0.6) is 0 Å². The van der Waals surface area contributed by atoms with Gasteiger partial charge < -0.3 is 9.55 Å². The van der Waals surface area contributed by atoms with E-state index in [0.717, 1.165) is 12.5 Å². The van der Waals surface area contributed by atoms with E-state index in [9.17, 15) is 0 Å². The van der Waals surface area contributed by atoms with Crippen molar-refractivity contribution in [3.63, 3.8) is 0 Å². The average Bonchev–Trinajstić information content (AvgIpc) is 3.28. The second-order valence-corrected chi connectivity index (χ2v) is 8.93. The molecule has 1 fully saturated rings. The van der Waals surface area contributed by atoms with Gasteiger partial charge >= 0.3 is 0 Å². The molecular weight excluding hydrogens is 364 g/mol. The number of H-pyrrole nitrogens is 1. The van der Waals surface area contributed by atoms with Gasteiger partial charge in [-0.1, -0.05) is 31.2 Å². The zero-order chi connectivity index (χ0) is 19.1. The summed E-state index contributed by atoms with van der Waals surface area (Å²) in [6, 6.07) is 17.8. The molecule has 2 N–H and O–H groups in total. The normalized spacial score (nSPS) is 16.6. The van der Waals surface area contributed by atoms with Crippen molar-refractivity contribution in [2.24, 2.45) is 13.0 Å². The van der Waals surface area contributed by atoms with Crippen LogP contribution in [0, 0.1) is 5.92 Å². The van der Waals surface area contributed by atoms with Crippen molar-refractivity contribution in [3.05, 3.63) is 66.5 Å². The molecule has 1 aliphatic rings. The summed E-state index contributed by atoms with van der Waals surface area (Å²) in [5, 5.41) is 2.63. The van der Waals surface area contributed by atoms with Gasteiger partial charge in [-0.3, -0.25) is 9.62 Å². The molecule has 0 amide bonds. The van der Waals surface area contributed by atoms with Crippen molar-refractivity contribution in [3.8, 4) is 0 Å². The highest BCUT2D eigenvalue weighted by Crippen LogP contribution is 2.34. The van der Waals surface area contributed by atoms with Gasteiger partial charge in [0.25, 0.3) is 0 Å². The Hall–Kier alpha value is -2.21. The summed E-state index contributed by atoms with van der Waals surface area (Å²) in [5.41, 5.74) is 3.92. The highest BCUT2D eigenvalue weighted by Gasteiger charge is 2.31. The van der Waals surface area contributed by atoms with Crippen molar-refractivity contribution < 1.29 is 0 Å². The number of aryl methyl sites for hydroxylation is 1. The molecule has 0 spiro atoms. The van der Waals surface area contributed by atoms with E-state index in [0.29, 0.717) is 6.04 Å². The van der Waals surface area contributed by atoms with Gasteiger partial charge in [0.05, 0.1) is 6.04 Å². The van der Waals surface area contributed by atoms with Crippen LogP contribution in [0.4, 0.5) is 0 Å². The molecule has 4 aromatic rings. The van der Waals surface area contributed by atoms with Crippen LogP contribution in [0.2, 0.25) is 0 Å². The third-order valence-corrected chi connectivity index (χ3v) is 6.61. The third kappa shape index (κ3) is 3.24. The predicted octanol–water partition coefficient (Wildman–Crippen LogP) is 4.95. The molecule has 1 atom stereocenters. The molecule has 4 nitrogen and oxygen atoms in total. The van der Waals surface area contributed by atoms with Crippen LogP contribution in [0.25, 0.3) is 21.8 Å². The topological polar surface area (TPSA) is 36.0 Å². The van der Waals surface area contributed by atoms with E-state index in [2.05, 4.69) is 87.9 Å². The first-order valence-corrected chi connectivity index (χ1v) is 10.8. The van der Waals surface area contributed by atoms with Gasteiger partial charge in [-0.15, -0.1) is 0 Å². The van der Waals surface area contributed by atoms with Crippen LogP contribution in [-0.2, 0) is 7.05 Å². The molecular formula is C23H26N4S. The van der Waals surface area contributed by atoms with Gasteiger partial charge in [0.15, 0.2) is 0 Å². The van der Waals surface area contributed by atoms with Crippen molar-refractivity contribution >= 4 is 33.8 Å². The lowest BCUT2D eigenvalue weighted by atomic mass is 9.95. The fourth-order valence-corrected chi connectivity index (χ4v) is 5.09. The highest BCUT2D eigenvalue weighted by atomic mass is 32.2. The fourth-order valence-electron chi connectivity index (χ4n) is 4.37. The summed E-state index contributed by atoms with van der Waals surface area (Å²) in [6.45, 7) is 5.61. The van der Waals surface area contributed by atoms with Crippen molar-refractivity contribution in [2.45, 2.75) is 17.9 Å². The van der Waals surface area contributed by atoms with E-state index in [1.807, 2.05) is 6.20 Å². The Morgan fingerprint density at radius 3 is 2.89 bits per heavy atom. The molecule has 5 rings (SSSR count). The average molecular weight is 391 g/mol. The number of hydrogen-bond acceptors (Lipinski definition) is 3. The number of nitrogens with one attached hydrogen (secondary N) is 2. The first-order chi connectivity index (χ1) is 13.7. The molecule has 0 saturated carbocycles. The number of benzene rings is 2. The van der Waals surface area contributed by atoms with Crippen LogP contribution >= 0.6 is 11.9 Å². The van der Waals surface area contributed by atoms with Gasteiger partial charge in [0.1, 0.15) is 0 Å². The number of rotatable bonds is 6. The quantitative estimate of drug-likeness (QED) is 0.457. The maximum absolute atomic E-state index is 3.65. The Bertz CT molecular complexity index is 1110. The van der Waals surface area contributed by atoms with E-state index in [1.165, 1.54) is 45.4 Å². The van der Waals surface area contributed by atoms with Crippen LogP contribution in [0.1, 0.15) is 18.5 Å². The van der Waals surface area contributed by atoms with Crippen LogP contribution in [0.3, 0.4) is 0 Å². The molecule has 144 valence electrons. The largest absolute Gasteiger partial charge is 0.361 e. The maximum Gasteiger partial charge on any atom is 0.0503 e. The summed E-state index contributed by atoms with van der Waals surface area (Å²) in [4.78, 5) is 7.14. The van der Waals surface area contributed by atoms with Crippen LogP contribution < -0.4 is 4.72 Å². The third-order valence-electron chi connectivity index (χ3n) is 5.81. The molecule has 28 heavy (non-hydrogen) atoms. The minimum absolute atomic E-state index is 0.393. The standard InChI is InChI=1S/C23H26N4S/c1-16-13-27(14-16)23(20-15-26(2)22-6-4-3-5-19(20)22)12-25-28-18-8-7-17-9-10-24-21(17)11-18/h3-11,15-16,23-25H,12-14H2,1-2H3. The highest BCUT2D eigenvalue weighted by molar-refractivity contribution is 7.97. The molecule has 2 aromatic heterocycles. The fraction of sp³-hybridized carbons (Fsp3) is 0.304. The lowest BCUT2D eigenvalue weighted by Gasteiger charge is -2.43. The number of likely N-dealkylation sites (tertiary alicyclic amines) is 1. The number of aromatic nitrogens is 2. The van der Waals surface area contributed by atoms with Crippen LogP contribution in [0.15, 0.2) is 65.8 Å². The van der Waals surface area contributed by atoms with Crippen molar-refractivity contribution in [1.29, 1.82) is 0 Å². The predicted molar refractivity (Wildman–Crippen MR) is 119 cm³/mol. The number of hydrogen-bond donors (Lipinski definition) is 2. The SMILES string of the molecule is CC1CN(C(CNSc2ccc3cc[nH]c3c2)c2cn(C)c3ccccc23)C1. The number of para-hydroxylation sites is 1. The number of fused-ring (bicyclic) bond motifs is 2. The summed E-state index contributed by atoms with van der Waals surface area (Å²) in [6.07, 6.45) is 4.31. The molecule has 1 aliphatic heterocycles. The van der Waals surface area contributed by atoms with Gasteiger partial charge in [-0.2, -0.15) is 0 Å². The first-order valence-electron chi connectivity index (χ1n) is 9.94. The van der Waals surface area contributed by atoms with E-state index >= 15 is 0 Å².